The zero-order chi connectivity index (χ0) is 22.5. The minimum Gasteiger partial charge on any atom is -0.452 e. The lowest BCUT2D eigenvalue weighted by Gasteiger charge is -2.18. The highest BCUT2D eigenvalue weighted by molar-refractivity contribution is 5.97. The third-order valence-electron chi connectivity index (χ3n) is 5.14. The predicted octanol–water partition coefficient (Wildman–Crippen LogP) is 2.01. The van der Waals surface area contributed by atoms with Crippen molar-refractivity contribution in [1.82, 2.24) is 4.90 Å². The van der Waals surface area contributed by atoms with E-state index in [9.17, 15) is 19.2 Å². The van der Waals surface area contributed by atoms with Crippen molar-refractivity contribution in [2.45, 2.75) is 32.9 Å². The van der Waals surface area contributed by atoms with Gasteiger partial charge in [-0.25, -0.2) is 0 Å². The number of esters is 1. The van der Waals surface area contributed by atoms with Crippen molar-refractivity contribution in [3.8, 4) is 0 Å². The van der Waals surface area contributed by atoms with Crippen LogP contribution < -0.4 is 11.1 Å². The summed E-state index contributed by atoms with van der Waals surface area (Å²) in [7, 11) is 0. The Balaban J connectivity index is 1.51. The lowest BCUT2D eigenvalue weighted by Crippen LogP contribution is -2.33. The zero-order valence-corrected chi connectivity index (χ0v) is 17.5. The highest BCUT2D eigenvalue weighted by atomic mass is 16.5. The number of carbonyl (C=O) groups excluding carboxylic acids is 4. The number of ether oxygens (including phenoxy) is 1. The molecule has 8 nitrogen and oxygen atoms in total. The first-order valence-electron chi connectivity index (χ1n) is 9.97. The Bertz CT molecular complexity index is 985. The molecule has 2 aromatic carbocycles. The largest absolute Gasteiger partial charge is 0.452 e. The van der Waals surface area contributed by atoms with E-state index in [4.69, 9.17) is 10.5 Å². The Hall–Kier alpha value is -3.68. The number of carbonyl (C=O) groups is 4. The van der Waals surface area contributed by atoms with Gasteiger partial charge in [0.25, 0.3) is 5.91 Å². The molecule has 1 heterocycles. The van der Waals surface area contributed by atoms with Gasteiger partial charge < -0.3 is 20.7 Å². The number of nitrogens with two attached hydrogens (primary N) is 1. The number of anilines is 1. The van der Waals surface area contributed by atoms with Crippen LogP contribution in [0, 0.1) is 12.8 Å². The maximum absolute atomic E-state index is 12.5. The third kappa shape index (κ3) is 5.69. The first kappa shape index (κ1) is 22.0. The third-order valence-corrected chi connectivity index (χ3v) is 5.14. The fourth-order valence-corrected chi connectivity index (χ4v) is 3.28. The van der Waals surface area contributed by atoms with E-state index < -0.39 is 29.8 Å². The highest BCUT2D eigenvalue weighted by Gasteiger charge is 2.36. The van der Waals surface area contributed by atoms with E-state index in [1.807, 2.05) is 31.2 Å². The van der Waals surface area contributed by atoms with Crippen LogP contribution in [0.2, 0.25) is 0 Å². The summed E-state index contributed by atoms with van der Waals surface area (Å²) in [4.78, 5) is 49.8. The van der Waals surface area contributed by atoms with Gasteiger partial charge in [0.1, 0.15) is 0 Å². The fraction of sp³-hybridized carbons (Fsp3) is 0.304. The second-order valence-corrected chi connectivity index (χ2v) is 7.67. The SMILES string of the molecule is Cc1ccc(CN2C[C@H](C(=O)O[C@H](C)C(=O)Nc3ccc(C(N)=O)cc3)CC2=O)cc1. The molecule has 31 heavy (non-hydrogen) atoms. The van der Waals surface area contributed by atoms with Crippen LogP contribution in [-0.4, -0.2) is 41.2 Å². The Kier molecular flexibility index (Phi) is 6.69. The molecule has 1 aliphatic rings. The molecule has 2 aromatic rings. The number of likely N-dealkylation sites (tertiary alicyclic amines) is 1. The molecule has 0 unspecified atom stereocenters. The summed E-state index contributed by atoms with van der Waals surface area (Å²) in [5, 5.41) is 2.61. The number of primary amides is 1. The summed E-state index contributed by atoms with van der Waals surface area (Å²) in [5.74, 6) is -2.38. The molecule has 0 saturated carbocycles. The second kappa shape index (κ2) is 9.42. The molecule has 1 saturated heterocycles. The molecule has 8 heteroatoms. The number of benzene rings is 2. The topological polar surface area (TPSA) is 119 Å². The van der Waals surface area contributed by atoms with E-state index in [1.165, 1.54) is 31.2 Å². The number of hydrogen-bond acceptors (Lipinski definition) is 5. The molecule has 1 aliphatic heterocycles. The predicted molar refractivity (Wildman–Crippen MR) is 114 cm³/mol. The minimum absolute atomic E-state index is 0.0631. The molecule has 0 aliphatic carbocycles. The summed E-state index contributed by atoms with van der Waals surface area (Å²) in [5.41, 5.74) is 8.07. The summed E-state index contributed by atoms with van der Waals surface area (Å²) >= 11 is 0. The summed E-state index contributed by atoms with van der Waals surface area (Å²) in [6, 6.07) is 13.9. The highest BCUT2D eigenvalue weighted by Crippen LogP contribution is 2.22. The average molecular weight is 423 g/mol. The van der Waals surface area contributed by atoms with E-state index in [0.29, 0.717) is 17.8 Å². The molecule has 0 bridgehead atoms. The van der Waals surface area contributed by atoms with Gasteiger partial charge in [0, 0.05) is 30.8 Å². The van der Waals surface area contributed by atoms with Gasteiger partial charge in [-0.2, -0.15) is 0 Å². The van der Waals surface area contributed by atoms with Crippen LogP contribution in [0.4, 0.5) is 5.69 Å². The van der Waals surface area contributed by atoms with Crippen LogP contribution in [-0.2, 0) is 25.7 Å². The van der Waals surface area contributed by atoms with Gasteiger partial charge in [0.05, 0.1) is 5.92 Å². The van der Waals surface area contributed by atoms with Gasteiger partial charge in [-0.15, -0.1) is 0 Å². The van der Waals surface area contributed by atoms with Crippen LogP contribution in [0.3, 0.4) is 0 Å². The molecule has 3 N–H and O–H groups in total. The van der Waals surface area contributed by atoms with Crippen molar-refractivity contribution in [2.24, 2.45) is 11.7 Å². The van der Waals surface area contributed by atoms with Gasteiger partial charge in [0.2, 0.25) is 11.8 Å². The molecule has 3 rings (SSSR count). The van der Waals surface area contributed by atoms with E-state index in [0.717, 1.165) is 11.1 Å². The van der Waals surface area contributed by atoms with Crippen LogP contribution >= 0.6 is 0 Å². The lowest BCUT2D eigenvalue weighted by atomic mass is 10.1. The lowest BCUT2D eigenvalue weighted by molar-refractivity contribution is -0.157. The average Bonchev–Trinajstić information content (AvgIpc) is 3.10. The van der Waals surface area contributed by atoms with Crippen molar-refractivity contribution in [3.63, 3.8) is 0 Å². The number of amides is 3. The second-order valence-electron chi connectivity index (χ2n) is 7.67. The molecule has 0 spiro atoms. The zero-order valence-electron chi connectivity index (χ0n) is 17.5. The summed E-state index contributed by atoms with van der Waals surface area (Å²) < 4.78 is 5.29. The van der Waals surface area contributed by atoms with Gasteiger partial charge in [-0.3, -0.25) is 19.2 Å². The van der Waals surface area contributed by atoms with E-state index >= 15 is 0 Å². The molecular formula is C23H25N3O5. The Labute approximate surface area is 180 Å². The van der Waals surface area contributed by atoms with E-state index in [-0.39, 0.29) is 18.9 Å². The van der Waals surface area contributed by atoms with E-state index in [2.05, 4.69) is 5.32 Å². The van der Waals surface area contributed by atoms with Crippen LogP contribution in [0.15, 0.2) is 48.5 Å². The van der Waals surface area contributed by atoms with Gasteiger partial charge in [-0.05, 0) is 43.7 Å². The number of nitrogens with one attached hydrogen (secondary N) is 1. The summed E-state index contributed by atoms with van der Waals surface area (Å²) in [6.07, 6.45) is -0.974. The van der Waals surface area contributed by atoms with Crippen molar-refractivity contribution >= 4 is 29.4 Å². The first-order valence-corrected chi connectivity index (χ1v) is 9.97. The molecule has 0 aromatic heterocycles. The first-order chi connectivity index (χ1) is 14.7. The normalized spacial score (nSPS) is 16.6. The molecule has 2 atom stereocenters. The smallest absolute Gasteiger partial charge is 0.312 e. The standard InChI is InChI=1S/C23H25N3O5/c1-14-3-5-16(6-4-14)12-26-13-18(11-20(26)27)23(30)31-15(2)22(29)25-19-9-7-17(8-10-19)21(24)28/h3-10,15,18H,11-13H2,1-2H3,(H2,24,28)(H,25,29)/t15-,18-/m1/s1. The maximum atomic E-state index is 12.5. The van der Waals surface area contributed by atoms with E-state index in [1.54, 1.807) is 4.90 Å². The monoisotopic (exact) mass is 423 g/mol. The molecule has 1 fully saturated rings. The van der Waals surface area contributed by atoms with Gasteiger partial charge in [0.15, 0.2) is 6.10 Å². The van der Waals surface area contributed by atoms with Crippen molar-refractivity contribution in [2.75, 3.05) is 11.9 Å². The van der Waals surface area contributed by atoms with Crippen LogP contribution in [0.1, 0.15) is 34.8 Å². The van der Waals surface area contributed by atoms with Crippen molar-refractivity contribution < 1.29 is 23.9 Å². The van der Waals surface area contributed by atoms with Crippen LogP contribution in [0.25, 0.3) is 0 Å². The Morgan fingerprint density at radius 3 is 2.39 bits per heavy atom. The Morgan fingerprint density at radius 2 is 1.77 bits per heavy atom. The molecule has 3 amide bonds. The van der Waals surface area contributed by atoms with Crippen molar-refractivity contribution in [3.05, 3.63) is 65.2 Å². The summed E-state index contributed by atoms with van der Waals surface area (Å²) in [6.45, 7) is 4.14. The minimum atomic E-state index is -1.04. The quantitative estimate of drug-likeness (QED) is 0.661. The maximum Gasteiger partial charge on any atom is 0.312 e. The van der Waals surface area contributed by atoms with Gasteiger partial charge >= 0.3 is 5.97 Å². The molecular weight excluding hydrogens is 398 g/mol. The number of aryl methyl sites for hydroxylation is 1. The van der Waals surface area contributed by atoms with Gasteiger partial charge in [-0.1, -0.05) is 29.8 Å². The molecule has 0 radical (unpaired) electrons. The number of rotatable bonds is 7. The van der Waals surface area contributed by atoms with Crippen LogP contribution in [0.5, 0.6) is 0 Å². The number of nitrogens with zero attached hydrogens (tertiary/aromatic N) is 1. The molecule has 162 valence electrons. The number of hydrogen-bond donors (Lipinski definition) is 2. The van der Waals surface area contributed by atoms with Crippen molar-refractivity contribution in [1.29, 1.82) is 0 Å². The fourth-order valence-electron chi connectivity index (χ4n) is 3.28. The Morgan fingerprint density at radius 1 is 1.13 bits per heavy atom.